The summed E-state index contributed by atoms with van der Waals surface area (Å²) in [6, 6.07) is 5.33. The van der Waals surface area contributed by atoms with Crippen LogP contribution in [-0.2, 0) is 0 Å². The van der Waals surface area contributed by atoms with E-state index in [-0.39, 0.29) is 11.8 Å². The number of fused-ring (bicyclic) bond motifs is 1. The molecule has 4 rings (SSSR count). The average molecular weight is 431 g/mol. The third-order valence-corrected chi connectivity index (χ3v) is 5.36. The van der Waals surface area contributed by atoms with Crippen LogP contribution in [-0.4, -0.2) is 57.2 Å². The van der Waals surface area contributed by atoms with Crippen LogP contribution < -0.4 is 0 Å². The number of piperazine rings is 1. The van der Waals surface area contributed by atoms with Crippen LogP contribution in [0.15, 0.2) is 39.5 Å². The number of carbonyl (C=O) groups excluding carboxylic acids is 2. The molecule has 1 saturated heterocycles. The Morgan fingerprint density at radius 3 is 2.41 bits per heavy atom. The second-order valence-corrected chi connectivity index (χ2v) is 7.52. The minimum absolute atomic E-state index is 0.0670. The molecule has 1 aliphatic rings. The number of carbonyl (C=O) groups is 2. The molecule has 3 aromatic rings. The van der Waals surface area contributed by atoms with E-state index in [0.29, 0.717) is 43.3 Å². The number of halogens is 1. The Bertz CT molecular complexity index is 1020. The van der Waals surface area contributed by atoms with E-state index in [1.165, 1.54) is 6.26 Å². The molecule has 7 nitrogen and oxygen atoms in total. The zero-order chi connectivity index (χ0) is 19.1. The maximum Gasteiger partial charge on any atom is 0.289 e. The zero-order valence-electron chi connectivity index (χ0n) is 15.1. The van der Waals surface area contributed by atoms with Gasteiger partial charge in [0.25, 0.3) is 11.8 Å². The molecular formula is C19H19BrN4O3. The number of furan rings is 1. The predicted molar refractivity (Wildman–Crippen MR) is 103 cm³/mol. The maximum absolute atomic E-state index is 13.2. The fourth-order valence-electron chi connectivity index (χ4n) is 3.42. The summed E-state index contributed by atoms with van der Waals surface area (Å²) in [6.45, 7) is 5.73. The fraction of sp³-hybridized carbons (Fsp3) is 0.316. The highest BCUT2D eigenvalue weighted by Crippen LogP contribution is 2.23. The summed E-state index contributed by atoms with van der Waals surface area (Å²) in [4.78, 5) is 33.6. The molecule has 0 N–H and O–H groups in total. The van der Waals surface area contributed by atoms with Gasteiger partial charge in [-0.05, 0) is 53.5 Å². The summed E-state index contributed by atoms with van der Waals surface area (Å²) in [5.41, 5.74) is 3.03. The molecule has 0 aromatic carbocycles. The summed E-state index contributed by atoms with van der Waals surface area (Å²) in [7, 11) is 0. The highest BCUT2D eigenvalue weighted by molar-refractivity contribution is 9.10. The molecule has 0 atom stereocenters. The second kappa shape index (κ2) is 6.84. The van der Waals surface area contributed by atoms with Gasteiger partial charge in [-0.1, -0.05) is 0 Å². The summed E-state index contributed by atoms with van der Waals surface area (Å²) >= 11 is 3.52. The lowest BCUT2D eigenvalue weighted by Gasteiger charge is -2.34. The third-order valence-electron chi connectivity index (χ3n) is 4.77. The number of nitrogens with zero attached hydrogens (tertiary/aromatic N) is 4. The van der Waals surface area contributed by atoms with Crippen LogP contribution in [0.5, 0.6) is 0 Å². The molecule has 0 spiro atoms. The number of rotatable bonds is 2. The van der Waals surface area contributed by atoms with Crippen molar-refractivity contribution in [1.82, 2.24) is 19.2 Å². The lowest BCUT2D eigenvalue weighted by atomic mass is 10.2. The lowest BCUT2D eigenvalue weighted by Crippen LogP contribution is -2.50. The van der Waals surface area contributed by atoms with Gasteiger partial charge >= 0.3 is 0 Å². The summed E-state index contributed by atoms with van der Waals surface area (Å²) in [5, 5.41) is 0. The van der Waals surface area contributed by atoms with E-state index < -0.39 is 0 Å². The maximum atomic E-state index is 13.2. The molecule has 27 heavy (non-hydrogen) atoms. The van der Waals surface area contributed by atoms with Crippen LogP contribution in [0.25, 0.3) is 5.65 Å². The number of aromatic nitrogens is 2. The molecule has 1 fully saturated rings. The van der Waals surface area contributed by atoms with Crippen molar-refractivity contribution in [1.29, 1.82) is 0 Å². The number of hydrogen-bond donors (Lipinski definition) is 0. The van der Waals surface area contributed by atoms with E-state index >= 15 is 0 Å². The number of imidazole rings is 1. The predicted octanol–water partition coefficient (Wildman–Crippen LogP) is 2.90. The van der Waals surface area contributed by atoms with Crippen molar-refractivity contribution >= 4 is 33.4 Å². The summed E-state index contributed by atoms with van der Waals surface area (Å²) < 4.78 is 7.88. The molecule has 0 aliphatic carbocycles. The molecule has 0 bridgehead atoms. The van der Waals surface area contributed by atoms with Gasteiger partial charge in [-0.2, -0.15) is 0 Å². The SMILES string of the molecule is Cc1cc(Br)c2nc(C)c(C(=O)N3CCN(C(=O)c4ccco4)CC3)n2c1. The first kappa shape index (κ1) is 17.8. The Labute approximate surface area is 164 Å². The van der Waals surface area contributed by atoms with Crippen molar-refractivity contribution < 1.29 is 14.0 Å². The normalized spacial score (nSPS) is 14.8. The van der Waals surface area contributed by atoms with Crippen LogP contribution in [0.1, 0.15) is 32.3 Å². The van der Waals surface area contributed by atoms with E-state index in [1.807, 2.05) is 30.5 Å². The van der Waals surface area contributed by atoms with Gasteiger partial charge in [0.05, 0.1) is 16.4 Å². The van der Waals surface area contributed by atoms with Gasteiger partial charge in [0.15, 0.2) is 11.4 Å². The number of amides is 2. The Balaban J connectivity index is 1.54. The highest BCUT2D eigenvalue weighted by atomic mass is 79.9. The fourth-order valence-corrected chi connectivity index (χ4v) is 4.06. The minimum Gasteiger partial charge on any atom is -0.459 e. The minimum atomic E-state index is -0.141. The molecular weight excluding hydrogens is 412 g/mol. The summed E-state index contributed by atoms with van der Waals surface area (Å²) in [6.07, 6.45) is 3.41. The first-order valence-corrected chi connectivity index (χ1v) is 9.52. The van der Waals surface area contributed by atoms with Gasteiger partial charge in [0.2, 0.25) is 0 Å². The molecule has 4 heterocycles. The smallest absolute Gasteiger partial charge is 0.289 e. The van der Waals surface area contributed by atoms with Crippen LogP contribution in [0, 0.1) is 13.8 Å². The van der Waals surface area contributed by atoms with Gasteiger partial charge < -0.3 is 14.2 Å². The van der Waals surface area contributed by atoms with Crippen LogP contribution >= 0.6 is 15.9 Å². The van der Waals surface area contributed by atoms with E-state index in [9.17, 15) is 9.59 Å². The average Bonchev–Trinajstić information content (AvgIpc) is 3.29. The first-order chi connectivity index (χ1) is 13.0. The molecule has 0 unspecified atom stereocenters. The Kier molecular flexibility index (Phi) is 4.51. The van der Waals surface area contributed by atoms with E-state index in [4.69, 9.17) is 4.42 Å². The number of pyridine rings is 1. The van der Waals surface area contributed by atoms with Crippen molar-refractivity contribution in [2.24, 2.45) is 0 Å². The quantitative estimate of drug-likeness (QED) is 0.626. The Morgan fingerprint density at radius 2 is 1.78 bits per heavy atom. The molecule has 0 radical (unpaired) electrons. The molecule has 1 aliphatic heterocycles. The zero-order valence-corrected chi connectivity index (χ0v) is 16.7. The molecule has 0 saturated carbocycles. The van der Waals surface area contributed by atoms with E-state index in [2.05, 4.69) is 20.9 Å². The van der Waals surface area contributed by atoms with Crippen molar-refractivity contribution in [2.45, 2.75) is 13.8 Å². The number of hydrogen-bond acceptors (Lipinski definition) is 4. The standard InChI is InChI=1S/C19H19BrN4O3/c1-12-10-14(20)17-21-13(2)16(24(17)11-12)19(26)23-7-5-22(6-8-23)18(25)15-4-3-9-27-15/h3-4,9-11H,5-8H2,1-2H3. The van der Waals surface area contributed by atoms with Gasteiger partial charge in [-0.15, -0.1) is 0 Å². The van der Waals surface area contributed by atoms with Crippen LogP contribution in [0.4, 0.5) is 0 Å². The topological polar surface area (TPSA) is 71.1 Å². The second-order valence-electron chi connectivity index (χ2n) is 6.67. The number of aryl methyl sites for hydroxylation is 2. The first-order valence-electron chi connectivity index (χ1n) is 8.72. The monoisotopic (exact) mass is 430 g/mol. The molecule has 3 aromatic heterocycles. The summed E-state index contributed by atoms with van der Waals surface area (Å²) in [5.74, 6) is 0.118. The van der Waals surface area contributed by atoms with Gasteiger partial charge in [-0.3, -0.25) is 14.0 Å². The molecule has 140 valence electrons. The van der Waals surface area contributed by atoms with Crippen molar-refractivity contribution in [3.8, 4) is 0 Å². The lowest BCUT2D eigenvalue weighted by molar-refractivity contribution is 0.0514. The Morgan fingerprint density at radius 1 is 1.11 bits per heavy atom. The molecule has 2 amide bonds. The van der Waals surface area contributed by atoms with Gasteiger partial charge in [0.1, 0.15) is 5.69 Å². The van der Waals surface area contributed by atoms with Crippen molar-refractivity contribution in [3.63, 3.8) is 0 Å². The van der Waals surface area contributed by atoms with Gasteiger partial charge in [-0.25, -0.2) is 4.98 Å². The van der Waals surface area contributed by atoms with E-state index in [0.717, 1.165) is 15.7 Å². The van der Waals surface area contributed by atoms with Crippen LogP contribution in [0.3, 0.4) is 0 Å². The van der Waals surface area contributed by atoms with Crippen molar-refractivity contribution in [3.05, 3.63) is 57.8 Å². The van der Waals surface area contributed by atoms with E-state index in [1.54, 1.807) is 21.9 Å². The van der Waals surface area contributed by atoms with Crippen molar-refractivity contribution in [2.75, 3.05) is 26.2 Å². The van der Waals surface area contributed by atoms with Crippen LogP contribution in [0.2, 0.25) is 0 Å². The third kappa shape index (κ3) is 3.14. The molecule has 8 heteroatoms. The Hall–Kier alpha value is -2.61. The van der Waals surface area contributed by atoms with Gasteiger partial charge in [0, 0.05) is 32.4 Å². The highest BCUT2D eigenvalue weighted by Gasteiger charge is 2.29. The largest absolute Gasteiger partial charge is 0.459 e.